The minimum atomic E-state index is -1.21. The van der Waals surface area contributed by atoms with Gasteiger partial charge < -0.3 is 39.4 Å². The van der Waals surface area contributed by atoms with Crippen LogP contribution in [0.2, 0.25) is 0 Å². The first-order chi connectivity index (χ1) is 17.8. The Hall–Kier alpha value is -2.26. The number of nitrogens with one attached hydrogen (secondary N) is 1. The van der Waals surface area contributed by atoms with Gasteiger partial charge in [-0.25, -0.2) is 0 Å². The maximum atomic E-state index is 13.1. The van der Waals surface area contributed by atoms with Gasteiger partial charge in [-0.15, -0.1) is 0 Å². The fourth-order valence-corrected chi connectivity index (χ4v) is 5.23. The number of rotatable bonds is 12. The summed E-state index contributed by atoms with van der Waals surface area (Å²) in [6, 6.07) is 2.32. The molecule has 0 aromatic heterocycles. The molecular formula is C25H33IN2O9. The number of methoxy groups -OCH3 is 2. The molecule has 2 amide bonds. The van der Waals surface area contributed by atoms with Crippen LogP contribution in [0.25, 0.3) is 0 Å². The van der Waals surface area contributed by atoms with E-state index in [9.17, 15) is 19.5 Å². The van der Waals surface area contributed by atoms with E-state index in [0.29, 0.717) is 33.3 Å². The molecular weight excluding hydrogens is 599 g/mol. The number of hydrogen-bond donors (Lipinski definition) is 3. The minimum absolute atomic E-state index is 0.0516. The Morgan fingerprint density at radius 2 is 2.11 bits per heavy atom. The largest absolute Gasteiger partial charge is 0.493 e. The Balaban J connectivity index is 1.98. The van der Waals surface area contributed by atoms with Crippen LogP contribution in [0, 0.1) is 3.57 Å². The predicted octanol–water partition coefficient (Wildman–Crippen LogP) is 0.682. The zero-order valence-corrected chi connectivity index (χ0v) is 23.0. The molecule has 3 N–H and O–H groups in total. The molecule has 1 aliphatic carbocycles. The normalized spacial score (nSPS) is 23.2. The summed E-state index contributed by atoms with van der Waals surface area (Å²) in [5.74, 6) is -0.206. The van der Waals surface area contributed by atoms with E-state index in [-0.39, 0.29) is 50.5 Å². The molecule has 37 heavy (non-hydrogen) atoms. The number of aliphatic hydroxyl groups excluding tert-OH is 2. The molecule has 11 nitrogen and oxygen atoms in total. The molecule has 2 aliphatic rings. The molecule has 0 spiro atoms. The Bertz CT molecular complexity index is 997. The highest BCUT2D eigenvalue weighted by Gasteiger charge is 2.42. The van der Waals surface area contributed by atoms with Gasteiger partial charge in [-0.2, -0.15) is 0 Å². The second-order valence-corrected chi connectivity index (χ2v) is 9.94. The van der Waals surface area contributed by atoms with Crippen LogP contribution in [-0.2, 0) is 19.1 Å². The van der Waals surface area contributed by atoms with Crippen molar-refractivity contribution in [3.8, 4) is 11.5 Å². The summed E-state index contributed by atoms with van der Waals surface area (Å²) in [4.78, 5) is 38.8. The molecule has 3 rings (SSSR count). The third kappa shape index (κ3) is 7.41. The van der Waals surface area contributed by atoms with Crippen LogP contribution in [0.3, 0.4) is 0 Å². The van der Waals surface area contributed by atoms with Gasteiger partial charge in [-0.1, -0.05) is 0 Å². The number of amides is 2. The molecule has 1 aliphatic heterocycles. The Morgan fingerprint density at radius 1 is 1.32 bits per heavy atom. The molecule has 0 bridgehead atoms. The van der Waals surface area contributed by atoms with Crippen molar-refractivity contribution in [2.75, 3.05) is 47.1 Å². The topological polar surface area (TPSA) is 144 Å². The van der Waals surface area contributed by atoms with Crippen molar-refractivity contribution in [1.82, 2.24) is 10.2 Å². The quantitative estimate of drug-likeness (QED) is 0.224. The zero-order valence-electron chi connectivity index (χ0n) is 20.9. The van der Waals surface area contributed by atoms with Crippen LogP contribution in [0.1, 0.15) is 29.6 Å². The third-order valence-electron chi connectivity index (χ3n) is 6.27. The second kappa shape index (κ2) is 14.0. The number of carbonyl (C=O) groups excluding carboxylic acids is 3. The van der Waals surface area contributed by atoms with E-state index < -0.39 is 24.2 Å². The van der Waals surface area contributed by atoms with Gasteiger partial charge in [0.1, 0.15) is 25.1 Å². The molecule has 1 fully saturated rings. The average molecular weight is 632 g/mol. The van der Waals surface area contributed by atoms with Crippen LogP contribution in [0.5, 0.6) is 11.5 Å². The predicted molar refractivity (Wildman–Crippen MR) is 141 cm³/mol. The molecule has 1 aromatic carbocycles. The lowest BCUT2D eigenvalue weighted by Crippen LogP contribution is -2.57. The number of aliphatic hydroxyl groups is 2. The van der Waals surface area contributed by atoms with Crippen molar-refractivity contribution >= 4 is 40.7 Å². The van der Waals surface area contributed by atoms with Gasteiger partial charge in [-0.05, 0) is 53.6 Å². The number of benzene rings is 1. The average Bonchev–Trinajstić information content (AvgIpc) is 3.41. The summed E-state index contributed by atoms with van der Waals surface area (Å²) in [5, 5.41) is 23.2. The van der Waals surface area contributed by atoms with Crippen LogP contribution in [-0.4, -0.2) is 105 Å². The molecule has 204 valence electrons. The summed E-state index contributed by atoms with van der Waals surface area (Å²) in [7, 11) is 2.85. The number of nitrogens with zero attached hydrogens (tertiary/aromatic N) is 1. The van der Waals surface area contributed by atoms with Crippen molar-refractivity contribution < 1.29 is 43.5 Å². The van der Waals surface area contributed by atoms with E-state index >= 15 is 0 Å². The van der Waals surface area contributed by atoms with Crippen molar-refractivity contribution in [2.24, 2.45) is 0 Å². The van der Waals surface area contributed by atoms with Gasteiger partial charge in [0.25, 0.3) is 0 Å². The smallest absolute Gasteiger partial charge is 0.248 e. The SMILES string of the molecule is COCC(=O)N(CC1CCCO1)C1CC(C(=O)NCCO)=CC(Oc2c(I)cc(C=O)cc2OC)C1O. The number of carbonyl (C=O) groups is 3. The van der Waals surface area contributed by atoms with Crippen molar-refractivity contribution in [3.63, 3.8) is 0 Å². The van der Waals surface area contributed by atoms with Crippen molar-refractivity contribution in [1.29, 1.82) is 0 Å². The maximum Gasteiger partial charge on any atom is 0.248 e. The van der Waals surface area contributed by atoms with Gasteiger partial charge in [0.15, 0.2) is 11.5 Å². The number of ether oxygens (including phenoxy) is 4. The second-order valence-electron chi connectivity index (χ2n) is 8.78. The van der Waals surface area contributed by atoms with Crippen LogP contribution < -0.4 is 14.8 Å². The highest BCUT2D eigenvalue weighted by Crippen LogP contribution is 2.37. The highest BCUT2D eigenvalue weighted by atomic mass is 127. The molecule has 1 aromatic rings. The molecule has 1 saturated heterocycles. The van der Waals surface area contributed by atoms with E-state index in [2.05, 4.69) is 5.32 Å². The van der Waals surface area contributed by atoms with Crippen molar-refractivity contribution in [2.45, 2.75) is 43.6 Å². The summed E-state index contributed by atoms with van der Waals surface area (Å²) >= 11 is 2.00. The Kier molecular flexibility index (Phi) is 11.1. The van der Waals surface area contributed by atoms with Gasteiger partial charge in [0, 0.05) is 44.4 Å². The monoisotopic (exact) mass is 632 g/mol. The summed E-state index contributed by atoms with van der Waals surface area (Å²) in [6.07, 6.45) is 1.50. The van der Waals surface area contributed by atoms with E-state index in [4.69, 9.17) is 24.1 Å². The summed E-state index contributed by atoms with van der Waals surface area (Å²) < 4.78 is 23.0. The Labute approximate surface area is 229 Å². The summed E-state index contributed by atoms with van der Waals surface area (Å²) in [5.41, 5.74) is 0.693. The lowest BCUT2D eigenvalue weighted by molar-refractivity contribution is -0.144. The number of aldehydes is 1. The lowest BCUT2D eigenvalue weighted by Gasteiger charge is -2.41. The van der Waals surface area contributed by atoms with Crippen LogP contribution in [0.4, 0.5) is 0 Å². The molecule has 4 unspecified atom stereocenters. The molecule has 12 heteroatoms. The van der Waals surface area contributed by atoms with E-state index in [0.717, 1.165) is 12.8 Å². The van der Waals surface area contributed by atoms with Gasteiger partial charge in [0.05, 0.1) is 29.4 Å². The molecule has 1 heterocycles. The standard InChI is InChI=1S/C25H33IN2O9/c1-34-14-22(31)28(12-17-4-3-7-36-17)19-10-16(25(33)27-5-6-29)11-20(23(19)32)37-24-18(26)8-15(13-30)9-21(24)35-2/h8-9,11,13,17,19-20,23,29,32H,3-7,10,12,14H2,1-2H3,(H,27,33). The Morgan fingerprint density at radius 3 is 2.73 bits per heavy atom. The summed E-state index contributed by atoms with van der Waals surface area (Å²) in [6.45, 7) is 0.448. The zero-order chi connectivity index (χ0) is 26.9. The first-order valence-corrected chi connectivity index (χ1v) is 13.1. The van der Waals surface area contributed by atoms with Crippen LogP contribution >= 0.6 is 22.6 Å². The molecule has 0 radical (unpaired) electrons. The van der Waals surface area contributed by atoms with Gasteiger partial charge in [0.2, 0.25) is 11.8 Å². The van der Waals surface area contributed by atoms with E-state index in [1.807, 2.05) is 22.6 Å². The first kappa shape index (κ1) is 29.3. The molecule has 4 atom stereocenters. The molecule has 0 saturated carbocycles. The fourth-order valence-electron chi connectivity index (χ4n) is 4.47. The van der Waals surface area contributed by atoms with Gasteiger partial charge in [-0.3, -0.25) is 14.4 Å². The first-order valence-electron chi connectivity index (χ1n) is 12.0. The van der Waals surface area contributed by atoms with Crippen LogP contribution in [0.15, 0.2) is 23.8 Å². The van der Waals surface area contributed by atoms with Crippen molar-refractivity contribution in [3.05, 3.63) is 32.9 Å². The van der Waals surface area contributed by atoms with E-state index in [1.54, 1.807) is 6.07 Å². The number of halogens is 1. The minimum Gasteiger partial charge on any atom is -0.493 e. The lowest BCUT2D eigenvalue weighted by atomic mass is 9.88. The third-order valence-corrected chi connectivity index (χ3v) is 7.07. The van der Waals surface area contributed by atoms with E-state index in [1.165, 1.54) is 31.3 Å². The maximum absolute atomic E-state index is 13.1. The van der Waals surface area contributed by atoms with Gasteiger partial charge >= 0.3 is 0 Å². The number of hydrogen-bond acceptors (Lipinski definition) is 9. The highest BCUT2D eigenvalue weighted by molar-refractivity contribution is 14.1. The fraction of sp³-hybridized carbons (Fsp3) is 0.560.